The van der Waals surface area contributed by atoms with E-state index in [1.807, 2.05) is 24.3 Å². The van der Waals surface area contributed by atoms with Crippen molar-refractivity contribution in [3.8, 4) is 11.5 Å². The fourth-order valence-corrected chi connectivity index (χ4v) is 4.11. The fourth-order valence-electron chi connectivity index (χ4n) is 4.11. The van der Waals surface area contributed by atoms with Gasteiger partial charge in [0, 0.05) is 17.2 Å². The number of fused-ring (bicyclic) bond motifs is 3. The molecule has 0 aromatic heterocycles. The number of carbonyl (C=O) groups excluding carboxylic acids is 1. The number of rotatable bonds is 4. The summed E-state index contributed by atoms with van der Waals surface area (Å²) >= 11 is 0. The van der Waals surface area contributed by atoms with Crippen LogP contribution in [0, 0.1) is 5.92 Å². The SMILES string of the molecule is COc1ccc(OC)c([C@@H]2Nc3ccc(C(=O)[O-])cc3[C@@H]3C=CC[C@@H]32)c1. The smallest absolute Gasteiger partial charge is 0.124 e. The molecule has 2 aromatic carbocycles. The van der Waals surface area contributed by atoms with Crippen LogP contribution < -0.4 is 19.9 Å². The highest BCUT2D eigenvalue weighted by Crippen LogP contribution is 2.51. The van der Waals surface area contributed by atoms with Crippen LogP contribution in [-0.4, -0.2) is 20.2 Å². The van der Waals surface area contributed by atoms with E-state index in [4.69, 9.17) is 9.47 Å². The molecule has 2 aromatic rings. The second-order valence-corrected chi connectivity index (χ2v) is 6.67. The summed E-state index contributed by atoms with van der Waals surface area (Å²) in [6.07, 6.45) is 5.25. The minimum absolute atomic E-state index is 0.0429. The zero-order chi connectivity index (χ0) is 18.3. The highest BCUT2D eigenvalue weighted by atomic mass is 16.5. The van der Waals surface area contributed by atoms with Crippen LogP contribution in [0.5, 0.6) is 11.5 Å². The van der Waals surface area contributed by atoms with E-state index >= 15 is 0 Å². The molecule has 0 bridgehead atoms. The molecule has 0 radical (unpaired) electrons. The molecule has 1 aliphatic heterocycles. The normalized spacial score (nSPS) is 22.9. The molecule has 2 aliphatic rings. The number of carboxylic acid groups (broad SMARTS) is 1. The van der Waals surface area contributed by atoms with Crippen LogP contribution >= 0.6 is 0 Å². The minimum atomic E-state index is -1.15. The van der Waals surface area contributed by atoms with Crippen LogP contribution in [-0.2, 0) is 0 Å². The highest BCUT2D eigenvalue weighted by molar-refractivity contribution is 5.87. The maximum atomic E-state index is 11.2. The molecule has 5 heteroatoms. The lowest BCUT2D eigenvalue weighted by molar-refractivity contribution is -0.255. The maximum absolute atomic E-state index is 11.2. The van der Waals surface area contributed by atoms with E-state index in [1.54, 1.807) is 26.4 Å². The van der Waals surface area contributed by atoms with Crippen molar-refractivity contribution in [3.63, 3.8) is 0 Å². The number of carbonyl (C=O) groups is 1. The Hall–Kier alpha value is -2.95. The molecule has 3 atom stereocenters. The zero-order valence-corrected chi connectivity index (χ0v) is 14.7. The number of benzene rings is 2. The first-order chi connectivity index (χ1) is 12.6. The molecular formula is C21H20NO4-. The monoisotopic (exact) mass is 350 g/mol. The van der Waals surface area contributed by atoms with Gasteiger partial charge in [-0.25, -0.2) is 0 Å². The number of anilines is 1. The summed E-state index contributed by atoms with van der Waals surface area (Å²) in [5, 5.41) is 14.8. The molecule has 5 nitrogen and oxygen atoms in total. The molecule has 0 saturated heterocycles. The van der Waals surface area contributed by atoms with Crippen molar-refractivity contribution in [3.05, 3.63) is 65.2 Å². The molecular weight excluding hydrogens is 330 g/mol. The maximum Gasteiger partial charge on any atom is 0.124 e. The Bertz CT molecular complexity index is 890. The van der Waals surface area contributed by atoms with Gasteiger partial charge in [0.15, 0.2) is 0 Å². The van der Waals surface area contributed by atoms with Gasteiger partial charge in [0.25, 0.3) is 0 Å². The lowest BCUT2D eigenvalue weighted by Gasteiger charge is -2.38. The van der Waals surface area contributed by atoms with Gasteiger partial charge in [-0.15, -0.1) is 0 Å². The van der Waals surface area contributed by atoms with E-state index in [0.717, 1.165) is 34.7 Å². The van der Waals surface area contributed by atoms with Gasteiger partial charge in [0.05, 0.1) is 26.2 Å². The van der Waals surface area contributed by atoms with Gasteiger partial charge in [-0.05, 0) is 53.8 Å². The molecule has 134 valence electrons. The van der Waals surface area contributed by atoms with Gasteiger partial charge in [-0.2, -0.15) is 0 Å². The predicted octanol–water partition coefficient (Wildman–Crippen LogP) is 2.89. The van der Waals surface area contributed by atoms with Gasteiger partial charge in [0.2, 0.25) is 0 Å². The summed E-state index contributed by atoms with van der Waals surface area (Å²) in [6.45, 7) is 0. The Morgan fingerprint density at radius 1 is 1.12 bits per heavy atom. The molecule has 4 rings (SSSR count). The van der Waals surface area contributed by atoms with Crippen molar-refractivity contribution in [2.45, 2.75) is 18.4 Å². The Labute approximate surface area is 152 Å². The number of allylic oxidation sites excluding steroid dienone is 2. The van der Waals surface area contributed by atoms with E-state index in [9.17, 15) is 9.90 Å². The summed E-state index contributed by atoms with van der Waals surface area (Å²) in [7, 11) is 3.31. The van der Waals surface area contributed by atoms with Crippen molar-refractivity contribution in [2.24, 2.45) is 5.92 Å². The van der Waals surface area contributed by atoms with Crippen molar-refractivity contribution < 1.29 is 19.4 Å². The number of hydrogen-bond donors (Lipinski definition) is 1. The van der Waals surface area contributed by atoms with E-state index in [2.05, 4.69) is 17.5 Å². The van der Waals surface area contributed by atoms with Crippen LogP contribution in [0.2, 0.25) is 0 Å². The molecule has 1 N–H and O–H groups in total. The Morgan fingerprint density at radius 2 is 1.96 bits per heavy atom. The van der Waals surface area contributed by atoms with Crippen molar-refractivity contribution >= 4 is 11.7 Å². The van der Waals surface area contributed by atoms with Crippen LogP contribution in [0.3, 0.4) is 0 Å². The molecule has 0 fully saturated rings. The molecule has 0 saturated carbocycles. The van der Waals surface area contributed by atoms with Gasteiger partial charge >= 0.3 is 0 Å². The summed E-state index contributed by atoms with van der Waals surface area (Å²) in [5.41, 5.74) is 3.20. The third kappa shape index (κ3) is 2.60. The third-order valence-corrected chi connectivity index (χ3v) is 5.37. The highest BCUT2D eigenvalue weighted by Gasteiger charge is 2.39. The topological polar surface area (TPSA) is 70.6 Å². The largest absolute Gasteiger partial charge is 0.545 e. The standard InChI is InChI=1S/C21H21NO4/c1-25-13-7-9-19(26-2)17(11-13)20-15-5-3-4-14(15)16-10-12(21(23)24)6-8-18(16)22-20/h3-4,6-11,14-15,20,22H,5H2,1-2H3,(H,23,24)/p-1/t14-,15+,20-/m1/s1. The van der Waals surface area contributed by atoms with Crippen molar-refractivity contribution in [1.82, 2.24) is 0 Å². The summed E-state index contributed by atoms with van der Waals surface area (Å²) in [5.74, 6) is 0.877. The van der Waals surface area contributed by atoms with E-state index in [0.29, 0.717) is 0 Å². The molecule has 0 amide bonds. The van der Waals surface area contributed by atoms with Crippen LogP contribution in [0.25, 0.3) is 0 Å². The lowest BCUT2D eigenvalue weighted by atomic mass is 9.76. The quantitative estimate of drug-likeness (QED) is 0.859. The molecule has 26 heavy (non-hydrogen) atoms. The second-order valence-electron chi connectivity index (χ2n) is 6.67. The van der Waals surface area contributed by atoms with E-state index in [-0.39, 0.29) is 23.4 Å². The number of ether oxygens (including phenoxy) is 2. The van der Waals surface area contributed by atoms with Gasteiger partial charge in [-0.3, -0.25) is 0 Å². The van der Waals surface area contributed by atoms with Crippen LogP contribution in [0.1, 0.15) is 39.9 Å². The van der Waals surface area contributed by atoms with E-state index in [1.165, 1.54) is 0 Å². The Kier molecular flexibility index (Phi) is 4.07. The second kappa shape index (κ2) is 6.41. The first-order valence-corrected chi connectivity index (χ1v) is 8.62. The minimum Gasteiger partial charge on any atom is -0.545 e. The molecule has 1 heterocycles. The average molecular weight is 350 g/mol. The zero-order valence-electron chi connectivity index (χ0n) is 14.7. The number of aromatic carboxylic acids is 1. The van der Waals surface area contributed by atoms with Crippen molar-refractivity contribution in [1.29, 1.82) is 0 Å². The number of hydrogen-bond acceptors (Lipinski definition) is 5. The summed E-state index contributed by atoms with van der Waals surface area (Å²) < 4.78 is 11.0. The van der Waals surface area contributed by atoms with Crippen LogP contribution in [0.15, 0.2) is 48.6 Å². The van der Waals surface area contributed by atoms with E-state index < -0.39 is 5.97 Å². The van der Waals surface area contributed by atoms with Gasteiger partial charge in [-0.1, -0.05) is 18.2 Å². The number of nitrogens with one attached hydrogen (secondary N) is 1. The van der Waals surface area contributed by atoms with Crippen LogP contribution in [0.4, 0.5) is 5.69 Å². The fraction of sp³-hybridized carbons (Fsp3) is 0.286. The average Bonchev–Trinajstić information content (AvgIpc) is 3.16. The van der Waals surface area contributed by atoms with Gasteiger partial charge < -0.3 is 24.7 Å². The lowest BCUT2D eigenvalue weighted by Crippen LogP contribution is -2.30. The Morgan fingerprint density at radius 3 is 2.69 bits per heavy atom. The molecule has 0 spiro atoms. The summed E-state index contributed by atoms with van der Waals surface area (Å²) in [6, 6.07) is 11.0. The molecule has 1 aliphatic carbocycles. The summed E-state index contributed by atoms with van der Waals surface area (Å²) in [4.78, 5) is 11.2. The Balaban J connectivity index is 1.80. The third-order valence-electron chi connectivity index (χ3n) is 5.37. The van der Waals surface area contributed by atoms with Gasteiger partial charge in [0.1, 0.15) is 11.5 Å². The molecule has 0 unspecified atom stereocenters. The predicted molar refractivity (Wildman–Crippen MR) is 96.7 cm³/mol. The number of carboxylic acids is 1. The first-order valence-electron chi connectivity index (χ1n) is 8.62. The first kappa shape index (κ1) is 16.5. The number of methoxy groups -OCH3 is 2. The van der Waals surface area contributed by atoms with Crippen molar-refractivity contribution in [2.75, 3.05) is 19.5 Å².